The summed E-state index contributed by atoms with van der Waals surface area (Å²) in [5.74, 6) is 0.396. The first-order valence-corrected chi connectivity index (χ1v) is 15.2. The molecule has 2 aromatic carbocycles. The number of aliphatic imine (C=N–C) groups is 1. The number of nitrogens with one attached hydrogen (secondary N) is 2. The molecule has 230 valence electrons. The second kappa shape index (κ2) is 12.3. The number of benzene rings is 2. The summed E-state index contributed by atoms with van der Waals surface area (Å²) in [7, 11) is 2.12. The highest BCUT2D eigenvalue weighted by Crippen LogP contribution is 2.37. The van der Waals surface area contributed by atoms with E-state index in [2.05, 4.69) is 22.2 Å². The molecule has 3 aliphatic heterocycles. The van der Waals surface area contributed by atoms with Gasteiger partial charge in [0.25, 0.3) is 11.5 Å². The lowest BCUT2D eigenvalue weighted by molar-refractivity contribution is -0.147. The van der Waals surface area contributed by atoms with E-state index < -0.39 is 12.1 Å². The van der Waals surface area contributed by atoms with Crippen LogP contribution in [0.4, 0.5) is 11.4 Å². The summed E-state index contributed by atoms with van der Waals surface area (Å²) in [5, 5.41) is 3.30. The fourth-order valence-electron chi connectivity index (χ4n) is 6.42. The topological polar surface area (TPSA) is 116 Å². The number of aryl methyl sites for hydroxylation is 2. The van der Waals surface area contributed by atoms with Crippen molar-refractivity contribution in [2.45, 2.75) is 58.7 Å². The summed E-state index contributed by atoms with van der Waals surface area (Å²) >= 11 is 0. The molecule has 44 heavy (non-hydrogen) atoms. The number of H-pyrrole nitrogens is 1. The van der Waals surface area contributed by atoms with Crippen LogP contribution in [0.15, 0.2) is 52.4 Å². The molecule has 0 aliphatic carbocycles. The van der Waals surface area contributed by atoms with Crippen molar-refractivity contribution in [3.05, 3.63) is 86.3 Å². The molecule has 1 amide bonds. The SMILES string of the molecule is CC(=O)OC(CNc1cc[nH]c(=O)c1C1=Nc2cc3c(cc2C1)C(=O)N(C1CCN(C)CC1)C3)COc1ccc(C)cc1C. The first-order valence-electron chi connectivity index (χ1n) is 15.2. The van der Waals surface area contributed by atoms with E-state index in [4.69, 9.17) is 14.5 Å². The Morgan fingerprint density at radius 2 is 1.91 bits per heavy atom. The molecule has 1 unspecified atom stereocenters. The Balaban J connectivity index is 1.18. The standard InChI is InChI=1S/C34H39N5O5/c1-20-5-6-31(21(2)13-20)43-19-26(44-22(3)40)17-36-28-7-10-35-33(41)32(28)30-15-23-14-27-24(16-29(23)37-30)18-39(34(27)42)25-8-11-38(4)12-9-25/h5-7,10,13-14,16,25-26H,8-9,11-12,15,17-19H2,1-4H3,(H2,35,36,41). The Bertz CT molecular complexity index is 1690. The number of piperidine rings is 1. The van der Waals surface area contributed by atoms with Crippen LogP contribution in [0.5, 0.6) is 5.75 Å². The Labute approximate surface area is 257 Å². The van der Waals surface area contributed by atoms with Crippen LogP contribution >= 0.6 is 0 Å². The van der Waals surface area contributed by atoms with E-state index in [1.807, 2.05) is 49.1 Å². The van der Waals surface area contributed by atoms with Crippen molar-refractivity contribution in [2.24, 2.45) is 4.99 Å². The number of likely N-dealkylation sites (tertiary alicyclic amines) is 1. The van der Waals surface area contributed by atoms with E-state index in [0.717, 1.165) is 65.2 Å². The van der Waals surface area contributed by atoms with E-state index in [1.54, 1.807) is 12.3 Å². The summed E-state index contributed by atoms with van der Waals surface area (Å²) in [6, 6.07) is 11.9. The van der Waals surface area contributed by atoms with Gasteiger partial charge >= 0.3 is 5.97 Å². The summed E-state index contributed by atoms with van der Waals surface area (Å²) in [5.41, 5.74) is 6.98. The number of ether oxygens (including phenoxy) is 2. The number of aromatic nitrogens is 1. The quantitative estimate of drug-likeness (QED) is 0.356. The van der Waals surface area contributed by atoms with Gasteiger partial charge in [0.1, 0.15) is 12.4 Å². The molecule has 0 spiro atoms. The zero-order valence-electron chi connectivity index (χ0n) is 25.7. The highest BCUT2D eigenvalue weighted by atomic mass is 16.6. The van der Waals surface area contributed by atoms with E-state index >= 15 is 0 Å². The summed E-state index contributed by atoms with van der Waals surface area (Å²) in [6.45, 7) is 8.33. The number of hydrogen-bond acceptors (Lipinski definition) is 8. The normalized spacial score (nSPS) is 17.2. The minimum Gasteiger partial charge on any atom is -0.489 e. The molecule has 3 aromatic rings. The zero-order valence-corrected chi connectivity index (χ0v) is 25.7. The Morgan fingerprint density at radius 3 is 2.66 bits per heavy atom. The zero-order chi connectivity index (χ0) is 31.0. The number of carbonyl (C=O) groups is 2. The third-order valence-corrected chi connectivity index (χ3v) is 8.74. The van der Waals surface area contributed by atoms with Crippen molar-refractivity contribution in [1.82, 2.24) is 14.8 Å². The molecule has 10 nitrogen and oxygen atoms in total. The third-order valence-electron chi connectivity index (χ3n) is 8.74. The molecule has 3 aliphatic rings. The van der Waals surface area contributed by atoms with E-state index in [1.165, 1.54) is 6.92 Å². The van der Waals surface area contributed by atoms with Gasteiger partial charge in [0.2, 0.25) is 0 Å². The molecule has 1 saturated heterocycles. The minimum atomic E-state index is -0.593. The van der Waals surface area contributed by atoms with Gasteiger partial charge in [-0.05, 0) is 87.8 Å². The van der Waals surface area contributed by atoms with Crippen LogP contribution in [-0.4, -0.2) is 77.8 Å². The number of rotatable bonds is 9. The first-order chi connectivity index (χ1) is 21.2. The molecule has 0 bridgehead atoms. The maximum absolute atomic E-state index is 13.4. The van der Waals surface area contributed by atoms with Crippen molar-refractivity contribution in [3.63, 3.8) is 0 Å². The monoisotopic (exact) mass is 597 g/mol. The number of nitrogens with zero attached hydrogens (tertiary/aromatic N) is 3. The maximum atomic E-state index is 13.4. The average Bonchev–Trinajstić information content (AvgIpc) is 3.54. The molecule has 4 heterocycles. The van der Waals surface area contributed by atoms with Crippen LogP contribution in [0.2, 0.25) is 0 Å². The number of esters is 1. The van der Waals surface area contributed by atoms with Gasteiger partial charge in [-0.2, -0.15) is 0 Å². The number of fused-ring (bicyclic) bond motifs is 2. The van der Waals surface area contributed by atoms with Crippen LogP contribution in [0, 0.1) is 13.8 Å². The summed E-state index contributed by atoms with van der Waals surface area (Å²) in [4.78, 5) is 50.4. The third kappa shape index (κ3) is 6.12. The van der Waals surface area contributed by atoms with Gasteiger partial charge in [-0.15, -0.1) is 0 Å². The summed E-state index contributed by atoms with van der Waals surface area (Å²) < 4.78 is 11.5. The fourth-order valence-corrected chi connectivity index (χ4v) is 6.42. The Hall–Kier alpha value is -4.44. The second-order valence-electron chi connectivity index (χ2n) is 12.1. The molecule has 1 fully saturated rings. The predicted molar refractivity (Wildman–Crippen MR) is 169 cm³/mol. The van der Waals surface area contributed by atoms with Crippen LogP contribution in [0.25, 0.3) is 0 Å². The second-order valence-corrected chi connectivity index (χ2v) is 12.1. The lowest BCUT2D eigenvalue weighted by Gasteiger charge is -2.34. The largest absolute Gasteiger partial charge is 0.489 e. The smallest absolute Gasteiger partial charge is 0.303 e. The molecule has 2 N–H and O–H groups in total. The van der Waals surface area contributed by atoms with Crippen LogP contribution in [-0.2, 0) is 22.5 Å². The molecular formula is C34H39N5O5. The Kier molecular flexibility index (Phi) is 8.27. The van der Waals surface area contributed by atoms with Gasteiger partial charge in [0.05, 0.1) is 29.2 Å². The average molecular weight is 598 g/mol. The summed E-state index contributed by atoms with van der Waals surface area (Å²) in [6.07, 6.45) is 3.40. The molecule has 0 radical (unpaired) electrons. The van der Waals surface area contributed by atoms with Crippen LogP contribution in [0.3, 0.4) is 0 Å². The molecular weight excluding hydrogens is 558 g/mol. The van der Waals surface area contributed by atoms with Gasteiger partial charge in [-0.1, -0.05) is 17.7 Å². The number of pyridine rings is 1. The van der Waals surface area contributed by atoms with Gasteiger partial charge in [0.15, 0.2) is 6.10 Å². The number of hydrogen-bond donors (Lipinski definition) is 2. The number of amides is 1. The number of carbonyl (C=O) groups excluding carboxylic acids is 2. The van der Waals surface area contributed by atoms with Crippen molar-refractivity contribution in [1.29, 1.82) is 0 Å². The van der Waals surface area contributed by atoms with Crippen molar-refractivity contribution in [3.8, 4) is 5.75 Å². The Morgan fingerprint density at radius 1 is 1.11 bits per heavy atom. The molecule has 10 heteroatoms. The lowest BCUT2D eigenvalue weighted by atomic mass is 10.00. The highest BCUT2D eigenvalue weighted by molar-refractivity contribution is 6.10. The van der Waals surface area contributed by atoms with Gasteiger partial charge in [-0.25, -0.2) is 0 Å². The van der Waals surface area contributed by atoms with Crippen molar-refractivity contribution < 1.29 is 19.1 Å². The lowest BCUT2D eigenvalue weighted by Crippen LogP contribution is -2.43. The number of aromatic amines is 1. The van der Waals surface area contributed by atoms with Gasteiger partial charge in [-0.3, -0.25) is 19.4 Å². The molecule has 6 rings (SSSR count). The highest BCUT2D eigenvalue weighted by Gasteiger charge is 2.36. The minimum absolute atomic E-state index is 0.0882. The molecule has 1 aromatic heterocycles. The molecule has 1 atom stereocenters. The maximum Gasteiger partial charge on any atom is 0.303 e. The molecule has 0 saturated carbocycles. The van der Waals surface area contributed by atoms with Crippen molar-refractivity contribution in [2.75, 3.05) is 38.6 Å². The van der Waals surface area contributed by atoms with Crippen molar-refractivity contribution >= 4 is 29.0 Å². The fraction of sp³-hybridized carbons (Fsp3) is 0.412. The van der Waals surface area contributed by atoms with Crippen LogP contribution < -0.4 is 15.6 Å². The van der Waals surface area contributed by atoms with Crippen LogP contribution in [0.1, 0.15) is 57.9 Å². The van der Waals surface area contributed by atoms with E-state index in [9.17, 15) is 14.4 Å². The van der Waals surface area contributed by atoms with E-state index in [-0.39, 0.29) is 30.7 Å². The van der Waals surface area contributed by atoms with E-state index in [0.29, 0.717) is 29.9 Å². The van der Waals surface area contributed by atoms with Gasteiger partial charge in [0, 0.05) is 37.7 Å². The number of anilines is 1. The predicted octanol–water partition coefficient (Wildman–Crippen LogP) is 4.14. The van der Waals surface area contributed by atoms with Gasteiger partial charge < -0.3 is 29.6 Å². The first kappa shape index (κ1) is 29.6.